The van der Waals surface area contributed by atoms with E-state index in [2.05, 4.69) is 4.98 Å². The normalized spacial score (nSPS) is 16.9. The molecule has 1 aliphatic carbocycles. The third-order valence-corrected chi connectivity index (χ3v) is 4.05. The summed E-state index contributed by atoms with van der Waals surface area (Å²) in [6.45, 7) is 0. The van der Waals surface area contributed by atoms with Crippen LogP contribution in [0.5, 0.6) is 0 Å². The third-order valence-electron chi connectivity index (χ3n) is 2.85. The molecule has 0 aromatic carbocycles. The van der Waals surface area contributed by atoms with Crippen molar-refractivity contribution in [1.29, 1.82) is 0 Å². The number of nitrogens with two attached hydrogens (primary N) is 1. The molecule has 0 unspecified atom stereocenters. The van der Waals surface area contributed by atoms with Gasteiger partial charge in [0.05, 0.1) is 0 Å². The molecule has 1 fully saturated rings. The van der Waals surface area contributed by atoms with Gasteiger partial charge in [0.15, 0.2) is 17.5 Å². The number of halogens is 2. The number of hydrogen-bond acceptors (Lipinski definition) is 3. The molecular weight excluding hydrogens is 230 g/mol. The van der Waals surface area contributed by atoms with Crippen LogP contribution in [0, 0.1) is 17.6 Å². The highest BCUT2D eigenvalue weighted by molar-refractivity contribution is 7.99. The molecule has 1 aromatic heterocycles. The minimum Gasteiger partial charge on any atom is -0.381 e. The number of aromatic nitrogens is 1. The minimum atomic E-state index is -0.789. The Morgan fingerprint density at radius 1 is 1.31 bits per heavy atom. The molecule has 1 heterocycles. The predicted molar refractivity (Wildman–Crippen MR) is 61.2 cm³/mol. The van der Waals surface area contributed by atoms with Gasteiger partial charge in [0, 0.05) is 11.8 Å². The van der Waals surface area contributed by atoms with Crippen LogP contribution in [-0.2, 0) is 0 Å². The Morgan fingerprint density at radius 2 is 2.00 bits per heavy atom. The molecule has 88 valence electrons. The van der Waals surface area contributed by atoms with E-state index < -0.39 is 11.6 Å². The number of nitrogen functional groups attached to an aromatic ring is 1. The maximum Gasteiger partial charge on any atom is 0.168 e. The van der Waals surface area contributed by atoms with E-state index in [1.807, 2.05) is 0 Å². The van der Waals surface area contributed by atoms with Crippen molar-refractivity contribution in [2.24, 2.45) is 5.92 Å². The summed E-state index contributed by atoms with van der Waals surface area (Å²) < 4.78 is 26.2. The second-order valence-corrected chi connectivity index (χ2v) is 5.11. The van der Waals surface area contributed by atoms with Gasteiger partial charge in [-0.2, -0.15) is 0 Å². The van der Waals surface area contributed by atoms with Crippen LogP contribution >= 0.6 is 11.8 Å². The summed E-state index contributed by atoms with van der Waals surface area (Å²) in [5.41, 5.74) is 5.31. The van der Waals surface area contributed by atoms with Crippen LogP contribution in [0.15, 0.2) is 11.1 Å². The molecule has 0 amide bonds. The van der Waals surface area contributed by atoms with E-state index >= 15 is 0 Å². The van der Waals surface area contributed by atoms with Crippen molar-refractivity contribution in [2.75, 3.05) is 11.5 Å². The molecule has 1 saturated carbocycles. The molecule has 1 aromatic rings. The van der Waals surface area contributed by atoms with Gasteiger partial charge >= 0.3 is 0 Å². The van der Waals surface area contributed by atoms with Crippen LogP contribution in [0.4, 0.5) is 14.6 Å². The Labute approximate surface area is 97.6 Å². The summed E-state index contributed by atoms with van der Waals surface area (Å²) in [6.07, 6.45) is 4.91. The molecular formula is C11H14F2N2S. The standard InChI is InChI=1S/C11H14F2N2S/c12-8-5-9(13)11(15-10(8)14)16-6-7-3-1-2-4-7/h5,7H,1-4,6H2,(H2,14,15). The predicted octanol–water partition coefficient (Wildman–Crippen LogP) is 3.22. The summed E-state index contributed by atoms with van der Waals surface area (Å²) in [5.74, 6) is -0.153. The van der Waals surface area contributed by atoms with Gasteiger partial charge in [0.2, 0.25) is 0 Å². The maximum atomic E-state index is 13.3. The lowest BCUT2D eigenvalue weighted by Crippen LogP contribution is -2.02. The Balaban J connectivity index is 2.00. The molecule has 1 aliphatic rings. The van der Waals surface area contributed by atoms with Gasteiger partial charge in [0.25, 0.3) is 0 Å². The molecule has 2 N–H and O–H groups in total. The Morgan fingerprint density at radius 3 is 2.69 bits per heavy atom. The molecule has 0 saturated heterocycles. The molecule has 0 aliphatic heterocycles. The van der Waals surface area contributed by atoms with Crippen LogP contribution in [0.2, 0.25) is 0 Å². The summed E-state index contributed by atoms with van der Waals surface area (Å²) in [4.78, 5) is 3.72. The van der Waals surface area contributed by atoms with Gasteiger partial charge in [-0.25, -0.2) is 13.8 Å². The first-order valence-electron chi connectivity index (χ1n) is 5.41. The number of anilines is 1. The fourth-order valence-electron chi connectivity index (χ4n) is 1.94. The highest BCUT2D eigenvalue weighted by Crippen LogP contribution is 2.31. The summed E-state index contributed by atoms with van der Waals surface area (Å²) in [7, 11) is 0. The first-order valence-corrected chi connectivity index (χ1v) is 6.39. The first kappa shape index (κ1) is 11.6. The molecule has 0 radical (unpaired) electrons. The van der Waals surface area contributed by atoms with Gasteiger partial charge in [0.1, 0.15) is 5.03 Å². The van der Waals surface area contributed by atoms with Crippen molar-refractivity contribution < 1.29 is 8.78 Å². The molecule has 2 nitrogen and oxygen atoms in total. The fourth-order valence-corrected chi connectivity index (χ4v) is 3.02. The molecule has 2 rings (SSSR count). The number of pyridine rings is 1. The topological polar surface area (TPSA) is 38.9 Å². The van der Waals surface area contributed by atoms with E-state index in [9.17, 15) is 8.78 Å². The monoisotopic (exact) mass is 244 g/mol. The zero-order valence-corrected chi connectivity index (χ0v) is 9.70. The average Bonchev–Trinajstić information content (AvgIpc) is 2.74. The van der Waals surface area contributed by atoms with Crippen molar-refractivity contribution in [2.45, 2.75) is 30.7 Å². The summed E-state index contributed by atoms with van der Waals surface area (Å²) in [6, 6.07) is 0.805. The van der Waals surface area contributed by atoms with Crippen molar-refractivity contribution in [1.82, 2.24) is 4.98 Å². The lowest BCUT2D eigenvalue weighted by atomic mass is 10.1. The van der Waals surface area contributed by atoms with Gasteiger partial charge in [-0.05, 0) is 18.8 Å². The number of hydrogen-bond donors (Lipinski definition) is 1. The molecule has 5 heteroatoms. The molecule has 0 spiro atoms. The largest absolute Gasteiger partial charge is 0.381 e. The van der Waals surface area contributed by atoms with E-state index in [4.69, 9.17) is 5.73 Å². The quantitative estimate of drug-likeness (QED) is 0.830. The molecule has 0 bridgehead atoms. The second kappa shape index (κ2) is 4.99. The van der Waals surface area contributed by atoms with Crippen LogP contribution < -0.4 is 5.73 Å². The molecule has 16 heavy (non-hydrogen) atoms. The van der Waals surface area contributed by atoms with Crippen LogP contribution in [-0.4, -0.2) is 10.7 Å². The highest BCUT2D eigenvalue weighted by Gasteiger charge is 2.17. The first-order chi connectivity index (χ1) is 7.66. The Kier molecular flexibility index (Phi) is 3.63. The average molecular weight is 244 g/mol. The smallest absolute Gasteiger partial charge is 0.168 e. The van der Waals surface area contributed by atoms with Gasteiger partial charge in [-0.15, -0.1) is 11.8 Å². The second-order valence-electron chi connectivity index (χ2n) is 4.10. The zero-order chi connectivity index (χ0) is 11.5. The number of thioether (sulfide) groups is 1. The molecule has 0 atom stereocenters. The van der Waals surface area contributed by atoms with Crippen molar-refractivity contribution >= 4 is 17.6 Å². The maximum absolute atomic E-state index is 13.3. The number of rotatable bonds is 3. The third kappa shape index (κ3) is 2.64. The minimum absolute atomic E-state index is 0.214. The van der Waals surface area contributed by atoms with E-state index in [0.717, 1.165) is 11.8 Å². The van der Waals surface area contributed by atoms with Crippen molar-refractivity contribution in [3.8, 4) is 0 Å². The lowest BCUT2D eigenvalue weighted by molar-refractivity contribution is 0.551. The van der Waals surface area contributed by atoms with E-state index in [-0.39, 0.29) is 10.8 Å². The van der Waals surface area contributed by atoms with Gasteiger partial charge in [-0.1, -0.05) is 12.8 Å². The summed E-state index contributed by atoms with van der Waals surface area (Å²) >= 11 is 1.33. The van der Waals surface area contributed by atoms with Crippen LogP contribution in [0.3, 0.4) is 0 Å². The van der Waals surface area contributed by atoms with Crippen molar-refractivity contribution in [3.05, 3.63) is 17.7 Å². The fraction of sp³-hybridized carbons (Fsp3) is 0.545. The SMILES string of the molecule is Nc1nc(SCC2CCCC2)c(F)cc1F. The highest BCUT2D eigenvalue weighted by atomic mass is 32.2. The van der Waals surface area contributed by atoms with Gasteiger partial charge in [-0.3, -0.25) is 0 Å². The summed E-state index contributed by atoms with van der Waals surface area (Å²) in [5, 5.41) is 0.214. The van der Waals surface area contributed by atoms with E-state index in [1.165, 1.54) is 37.4 Å². The van der Waals surface area contributed by atoms with Gasteiger partial charge < -0.3 is 5.73 Å². The van der Waals surface area contributed by atoms with Crippen LogP contribution in [0.1, 0.15) is 25.7 Å². The van der Waals surface area contributed by atoms with E-state index in [0.29, 0.717) is 5.92 Å². The zero-order valence-electron chi connectivity index (χ0n) is 8.88. The van der Waals surface area contributed by atoms with E-state index in [1.54, 1.807) is 0 Å². The Hall–Kier alpha value is -0.840. The number of nitrogens with zero attached hydrogens (tertiary/aromatic N) is 1. The lowest BCUT2D eigenvalue weighted by Gasteiger charge is -2.08. The Bertz CT molecular complexity index is 378. The van der Waals surface area contributed by atoms with Crippen LogP contribution in [0.25, 0.3) is 0 Å². The van der Waals surface area contributed by atoms with Crippen molar-refractivity contribution in [3.63, 3.8) is 0 Å².